The van der Waals surface area contributed by atoms with E-state index in [0.29, 0.717) is 50.3 Å². The van der Waals surface area contributed by atoms with Gasteiger partial charge in [0.2, 0.25) is 0 Å². The predicted octanol–water partition coefficient (Wildman–Crippen LogP) is 1.51. The minimum absolute atomic E-state index is 0. The average molecular weight is 423 g/mol. The van der Waals surface area contributed by atoms with Gasteiger partial charge in [-0.05, 0) is 56.6 Å². The van der Waals surface area contributed by atoms with E-state index >= 15 is 0 Å². The lowest BCUT2D eigenvalue weighted by atomic mass is 9.89. The number of piperidine rings is 1. The number of hydrogen-bond acceptors (Lipinski definition) is 5. The predicted molar refractivity (Wildman–Crippen MR) is 108 cm³/mol. The van der Waals surface area contributed by atoms with Crippen LogP contribution in [0.2, 0.25) is 0 Å². The van der Waals surface area contributed by atoms with Gasteiger partial charge in [0.15, 0.2) is 5.78 Å². The Morgan fingerprint density at radius 2 is 1.76 bits per heavy atom. The van der Waals surface area contributed by atoms with Crippen LogP contribution in [0.5, 0.6) is 0 Å². The number of likely N-dealkylation sites (tertiary alicyclic amines) is 1. The van der Waals surface area contributed by atoms with Crippen molar-refractivity contribution in [3.05, 3.63) is 62.4 Å². The first-order valence-electron chi connectivity index (χ1n) is 9.75. The van der Waals surface area contributed by atoms with Crippen molar-refractivity contribution in [2.45, 2.75) is 38.8 Å². The van der Waals surface area contributed by atoms with Gasteiger partial charge in [-0.15, -0.1) is 12.4 Å². The Balaban J connectivity index is 0.00000240. The summed E-state index contributed by atoms with van der Waals surface area (Å²) < 4.78 is 15.8. The zero-order valence-electron chi connectivity index (χ0n) is 16.1. The fourth-order valence-corrected chi connectivity index (χ4v) is 4.08. The third kappa shape index (κ3) is 4.48. The van der Waals surface area contributed by atoms with Gasteiger partial charge in [0.1, 0.15) is 11.6 Å². The first-order chi connectivity index (χ1) is 13.5. The minimum Gasteiger partial charge on any atom is -0.302 e. The van der Waals surface area contributed by atoms with E-state index in [4.69, 9.17) is 0 Å². The number of rotatable bonds is 5. The van der Waals surface area contributed by atoms with Crippen LogP contribution in [0.15, 0.2) is 33.9 Å². The van der Waals surface area contributed by atoms with E-state index in [2.05, 4.69) is 9.88 Å². The van der Waals surface area contributed by atoms with Crippen LogP contribution in [0.4, 0.5) is 4.39 Å². The first kappa shape index (κ1) is 21.4. The number of hydrogen-bond donors (Lipinski definition) is 0. The second-order valence-corrected chi connectivity index (χ2v) is 7.49. The van der Waals surface area contributed by atoms with E-state index in [1.165, 1.54) is 28.8 Å². The van der Waals surface area contributed by atoms with Gasteiger partial charge >= 0.3 is 11.4 Å². The molecule has 0 aliphatic carbocycles. The molecule has 0 atom stereocenters. The zero-order valence-corrected chi connectivity index (χ0v) is 16.9. The molecule has 0 spiro atoms. The number of aromatic nitrogens is 3. The van der Waals surface area contributed by atoms with Gasteiger partial charge in [-0.3, -0.25) is 9.36 Å². The lowest BCUT2D eigenvalue weighted by Gasteiger charge is -2.31. The first-order valence-corrected chi connectivity index (χ1v) is 9.75. The van der Waals surface area contributed by atoms with Crippen molar-refractivity contribution in [2.75, 3.05) is 19.6 Å². The second-order valence-electron chi connectivity index (χ2n) is 7.49. The lowest BCUT2D eigenvalue weighted by Crippen LogP contribution is -2.45. The zero-order chi connectivity index (χ0) is 19.7. The molecular formula is C20H24ClFN4O3. The summed E-state index contributed by atoms with van der Waals surface area (Å²) in [6.45, 7) is 2.96. The van der Waals surface area contributed by atoms with E-state index < -0.39 is 5.69 Å². The summed E-state index contributed by atoms with van der Waals surface area (Å²) in [5.74, 6) is 0.221. The summed E-state index contributed by atoms with van der Waals surface area (Å²) >= 11 is 0. The third-order valence-corrected chi connectivity index (χ3v) is 5.74. The maximum Gasteiger partial charge on any atom is 0.353 e. The van der Waals surface area contributed by atoms with Gasteiger partial charge in [0.05, 0.1) is 0 Å². The molecule has 0 bridgehead atoms. The Morgan fingerprint density at radius 1 is 1.07 bits per heavy atom. The molecule has 0 N–H and O–H groups in total. The number of aryl methyl sites for hydroxylation is 1. The molecule has 29 heavy (non-hydrogen) atoms. The second kappa shape index (κ2) is 9.00. The van der Waals surface area contributed by atoms with Gasteiger partial charge in [0.25, 0.3) is 0 Å². The van der Waals surface area contributed by atoms with E-state index in [9.17, 15) is 18.8 Å². The smallest absolute Gasteiger partial charge is 0.302 e. The van der Waals surface area contributed by atoms with Gasteiger partial charge in [-0.2, -0.15) is 4.98 Å². The van der Waals surface area contributed by atoms with Gasteiger partial charge < -0.3 is 4.90 Å². The fourth-order valence-electron chi connectivity index (χ4n) is 4.08. The molecule has 4 rings (SSSR count). The number of nitrogens with zero attached hydrogens (tertiary/aromatic N) is 4. The van der Waals surface area contributed by atoms with Crippen LogP contribution in [0.25, 0.3) is 0 Å². The van der Waals surface area contributed by atoms with Crippen molar-refractivity contribution < 1.29 is 9.18 Å². The molecule has 3 heterocycles. The fraction of sp³-hybridized carbons (Fsp3) is 0.500. The van der Waals surface area contributed by atoms with Crippen LogP contribution < -0.4 is 11.4 Å². The highest BCUT2D eigenvalue weighted by Gasteiger charge is 2.26. The van der Waals surface area contributed by atoms with Crippen LogP contribution in [0.3, 0.4) is 0 Å². The Morgan fingerprint density at radius 3 is 2.45 bits per heavy atom. The molecule has 0 saturated carbocycles. The maximum atomic E-state index is 13.0. The van der Waals surface area contributed by atoms with Crippen molar-refractivity contribution in [3.63, 3.8) is 0 Å². The van der Waals surface area contributed by atoms with Crippen LogP contribution >= 0.6 is 12.4 Å². The lowest BCUT2D eigenvalue weighted by molar-refractivity contribution is 0.0837. The van der Waals surface area contributed by atoms with E-state index in [0.717, 1.165) is 19.5 Å². The molecule has 2 aromatic rings. The molecule has 1 fully saturated rings. The van der Waals surface area contributed by atoms with E-state index in [1.807, 2.05) is 0 Å². The van der Waals surface area contributed by atoms with Crippen molar-refractivity contribution in [1.82, 2.24) is 19.0 Å². The molecule has 1 saturated heterocycles. The summed E-state index contributed by atoms with van der Waals surface area (Å²) in [5, 5.41) is 0. The van der Waals surface area contributed by atoms with Crippen molar-refractivity contribution in [3.8, 4) is 0 Å². The summed E-state index contributed by atoms with van der Waals surface area (Å²) in [7, 11) is 0. The summed E-state index contributed by atoms with van der Waals surface area (Å²) in [6.07, 6.45) is 2.96. The monoisotopic (exact) mass is 422 g/mol. The minimum atomic E-state index is -0.473. The summed E-state index contributed by atoms with van der Waals surface area (Å²) in [4.78, 5) is 43.4. The number of Topliss-reactive ketones (excluding diaryl/α,β-unsaturated/α-hetero) is 1. The maximum absolute atomic E-state index is 13.0. The Labute approximate surface area is 173 Å². The molecule has 2 aliphatic heterocycles. The van der Waals surface area contributed by atoms with E-state index in [-0.39, 0.29) is 35.6 Å². The number of halogens is 2. The number of carbonyl (C=O) groups is 1. The molecule has 0 radical (unpaired) electrons. The largest absolute Gasteiger partial charge is 0.353 e. The number of carbonyl (C=O) groups excluding carboxylic acids is 1. The molecule has 0 amide bonds. The van der Waals surface area contributed by atoms with E-state index in [1.54, 1.807) is 4.57 Å². The Hall–Kier alpha value is -2.32. The van der Waals surface area contributed by atoms with Crippen molar-refractivity contribution in [2.24, 2.45) is 5.92 Å². The van der Waals surface area contributed by atoms with Gasteiger partial charge in [0, 0.05) is 37.5 Å². The van der Waals surface area contributed by atoms with Gasteiger partial charge in [-0.25, -0.2) is 18.5 Å². The quantitative estimate of drug-likeness (QED) is 0.682. The molecule has 0 unspecified atom stereocenters. The molecule has 9 heteroatoms. The summed E-state index contributed by atoms with van der Waals surface area (Å²) in [5.41, 5.74) is -0.197. The van der Waals surface area contributed by atoms with Crippen molar-refractivity contribution >= 4 is 18.2 Å². The standard InChI is InChI=1S/C20H23FN4O3.ClH/c21-16-5-3-14(4-6-16)18(26)15-7-10-23(11-8-15)12-13-25-19(27)22-17-2-1-9-24(17)20(25)28;/h3-6,15H,1-2,7-13H2;1H. The SMILES string of the molecule is Cl.O=C(c1ccc(F)cc1)C1CCN(CCn2c(=O)nc3n(c2=O)CCC3)CC1. The normalized spacial score (nSPS) is 17.0. The number of ketones is 1. The molecule has 1 aromatic carbocycles. The number of benzene rings is 1. The van der Waals surface area contributed by atoms with Crippen LogP contribution in [0.1, 0.15) is 35.4 Å². The van der Waals surface area contributed by atoms with Crippen LogP contribution in [0, 0.1) is 11.7 Å². The van der Waals surface area contributed by atoms with Crippen LogP contribution in [-0.4, -0.2) is 44.4 Å². The van der Waals surface area contributed by atoms with Gasteiger partial charge in [-0.1, -0.05) is 0 Å². The Bertz CT molecular complexity index is 994. The highest BCUT2D eigenvalue weighted by atomic mass is 35.5. The average Bonchev–Trinajstić information content (AvgIpc) is 3.17. The topological polar surface area (TPSA) is 77.2 Å². The molecular weight excluding hydrogens is 399 g/mol. The van der Waals surface area contributed by atoms with Crippen molar-refractivity contribution in [1.29, 1.82) is 0 Å². The van der Waals surface area contributed by atoms with Crippen LogP contribution in [-0.2, 0) is 19.5 Å². The Kier molecular flexibility index (Phi) is 6.64. The molecule has 7 nitrogen and oxygen atoms in total. The highest BCUT2D eigenvalue weighted by Crippen LogP contribution is 2.22. The molecule has 2 aliphatic rings. The molecule has 1 aromatic heterocycles. The third-order valence-electron chi connectivity index (χ3n) is 5.74. The highest BCUT2D eigenvalue weighted by molar-refractivity contribution is 5.97. The summed E-state index contributed by atoms with van der Waals surface area (Å²) in [6, 6.07) is 5.68. The molecule has 156 valence electrons. The number of fused-ring (bicyclic) bond motifs is 1.